The highest BCUT2D eigenvalue weighted by atomic mass is 32.1. The van der Waals surface area contributed by atoms with Crippen molar-refractivity contribution in [1.82, 2.24) is 30.2 Å². The fourth-order valence-electron chi connectivity index (χ4n) is 2.70. The van der Waals surface area contributed by atoms with E-state index in [0.29, 0.717) is 5.92 Å². The lowest BCUT2D eigenvalue weighted by atomic mass is 9.97. The molecular formula is C14H20N6OS. The fraction of sp³-hybridized carbons (Fsp3) is 0.571. The van der Waals surface area contributed by atoms with Crippen LogP contribution in [0.25, 0.3) is 0 Å². The van der Waals surface area contributed by atoms with Gasteiger partial charge in [-0.25, -0.2) is 9.78 Å². The van der Waals surface area contributed by atoms with E-state index in [4.69, 9.17) is 0 Å². The minimum absolute atomic E-state index is 0.00176. The maximum atomic E-state index is 12.3. The van der Waals surface area contributed by atoms with Gasteiger partial charge in [-0.05, 0) is 25.7 Å². The van der Waals surface area contributed by atoms with Crippen molar-refractivity contribution in [2.45, 2.75) is 32.4 Å². The third-order valence-electron chi connectivity index (χ3n) is 3.98. The Hall–Kier alpha value is -1.96. The number of nitrogens with zero attached hydrogens (tertiary/aromatic N) is 5. The van der Waals surface area contributed by atoms with Gasteiger partial charge in [-0.1, -0.05) is 5.21 Å². The van der Waals surface area contributed by atoms with E-state index in [1.807, 2.05) is 28.1 Å². The van der Waals surface area contributed by atoms with Crippen LogP contribution in [0.5, 0.6) is 0 Å². The molecule has 1 fully saturated rings. The number of carbonyl (C=O) groups is 1. The average Bonchev–Trinajstić information content (AvgIpc) is 3.21. The summed E-state index contributed by atoms with van der Waals surface area (Å²) in [6.07, 6.45) is 7.34. The first-order chi connectivity index (χ1) is 10.7. The number of hydrogen-bond acceptors (Lipinski definition) is 5. The molecule has 1 saturated heterocycles. The molecule has 0 spiro atoms. The van der Waals surface area contributed by atoms with Gasteiger partial charge in [-0.3, -0.25) is 4.68 Å². The van der Waals surface area contributed by atoms with Crippen molar-refractivity contribution >= 4 is 17.4 Å². The van der Waals surface area contributed by atoms with E-state index in [0.717, 1.165) is 37.5 Å². The lowest BCUT2D eigenvalue weighted by Crippen LogP contribution is -2.45. The van der Waals surface area contributed by atoms with Gasteiger partial charge in [0.1, 0.15) is 5.01 Å². The molecule has 22 heavy (non-hydrogen) atoms. The van der Waals surface area contributed by atoms with Crippen LogP contribution < -0.4 is 5.32 Å². The van der Waals surface area contributed by atoms with Gasteiger partial charge < -0.3 is 10.2 Å². The molecule has 0 saturated carbocycles. The topological polar surface area (TPSA) is 75.9 Å². The lowest BCUT2D eigenvalue weighted by Gasteiger charge is -2.32. The second-order valence-corrected chi connectivity index (χ2v) is 6.52. The molecule has 1 aliphatic rings. The van der Waals surface area contributed by atoms with Gasteiger partial charge in [0.25, 0.3) is 0 Å². The van der Waals surface area contributed by atoms with Gasteiger partial charge >= 0.3 is 6.03 Å². The minimum atomic E-state index is -0.0413. The Morgan fingerprint density at radius 3 is 2.91 bits per heavy atom. The SMILES string of the molecule is CC(NC(=O)N1CCC(Cn2ccnn2)CC1)c1nccs1. The molecule has 0 bridgehead atoms. The number of likely N-dealkylation sites (tertiary alicyclic amines) is 1. The molecule has 1 aliphatic heterocycles. The highest BCUT2D eigenvalue weighted by Gasteiger charge is 2.24. The highest BCUT2D eigenvalue weighted by Crippen LogP contribution is 2.20. The summed E-state index contributed by atoms with van der Waals surface area (Å²) in [6, 6.07) is -0.0396. The van der Waals surface area contributed by atoms with Gasteiger partial charge in [-0.15, -0.1) is 16.4 Å². The third-order valence-corrected chi connectivity index (χ3v) is 4.94. The van der Waals surface area contributed by atoms with Crippen molar-refractivity contribution in [2.75, 3.05) is 13.1 Å². The van der Waals surface area contributed by atoms with Crippen LogP contribution in [0.15, 0.2) is 24.0 Å². The summed E-state index contributed by atoms with van der Waals surface area (Å²) >= 11 is 1.56. The molecule has 0 aliphatic carbocycles. The van der Waals surface area contributed by atoms with Crippen LogP contribution in [0.1, 0.15) is 30.8 Å². The van der Waals surface area contributed by atoms with E-state index < -0.39 is 0 Å². The second kappa shape index (κ2) is 6.87. The molecule has 2 amide bonds. The Labute approximate surface area is 133 Å². The molecule has 118 valence electrons. The fourth-order valence-corrected chi connectivity index (χ4v) is 3.35. The Balaban J connectivity index is 1.45. The Kier molecular flexibility index (Phi) is 4.67. The van der Waals surface area contributed by atoms with E-state index in [1.165, 1.54) is 0 Å². The van der Waals surface area contributed by atoms with Gasteiger partial charge in [0, 0.05) is 37.4 Å². The standard InChI is InChI=1S/C14H20N6OS/c1-11(13-15-5-9-22-13)17-14(21)19-6-2-12(3-7-19)10-20-8-4-16-18-20/h4-5,8-9,11-12H,2-3,6-7,10H2,1H3,(H,17,21). The second-order valence-electron chi connectivity index (χ2n) is 5.60. The summed E-state index contributed by atoms with van der Waals surface area (Å²) in [4.78, 5) is 18.4. The van der Waals surface area contributed by atoms with Gasteiger partial charge in [-0.2, -0.15) is 0 Å². The highest BCUT2D eigenvalue weighted by molar-refractivity contribution is 7.09. The summed E-state index contributed by atoms with van der Waals surface area (Å²) in [5.41, 5.74) is 0. The number of piperidine rings is 1. The summed E-state index contributed by atoms with van der Waals surface area (Å²) in [6.45, 7) is 4.42. The number of thiazole rings is 1. The first kappa shape index (κ1) is 15.0. The van der Waals surface area contributed by atoms with Crippen LogP contribution >= 0.6 is 11.3 Å². The van der Waals surface area contributed by atoms with Gasteiger partial charge in [0.05, 0.1) is 12.2 Å². The predicted molar refractivity (Wildman–Crippen MR) is 83.4 cm³/mol. The lowest BCUT2D eigenvalue weighted by molar-refractivity contribution is 0.161. The molecule has 7 nitrogen and oxygen atoms in total. The largest absolute Gasteiger partial charge is 0.329 e. The monoisotopic (exact) mass is 320 g/mol. The molecule has 8 heteroatoms. The van der Waals surface area contributed by atoms with Crippen LogP contribution in [-0.2, 0) is 6.54 Å². The van der Waals surface area contributed by atoms with E-state index in [1.54, 1.807) is 23.7 Å². The number of hydrogen-bond donors (Lipinski definition) is 1. The molecule has 1 N–H and O–H groups in total. The zero-order valence-corrected chi connectivity index (χ0v) is 13.4. The van der Waals surface area contributed by atoms with E-state index in [9.17, 15) is 4.79 Å². The Morgan fingerprint density at radius 1 is 1.45 bits per heavy atom. The third kappa shape index (κ3) is 3.62. The minimum Gasteiger partial charge on any atom is -0.329 e. The van der Waals surface area contributed by atoms with Crippen molar-refractivity contribution in [3.8, 4) is 0 Å². The molecule has 0 radical (unpaired) electrons. The van der Waals surface area contributed by atoms with Crippen molar-refractivity contribution < 1.29 is 4.79 Å². The normalized spacial score (nSPS) is 17.4. The number of aromatic nitrogens is 4. The maximum Gasteiger partial charge on any atom is 0.317 e. The van der Waals surface area contributed by atoms with Crippen molar-refractivity contribution in [3.05, 3.63) is 29.0 Å². The Morgan fingerprint density at radius 2 is 2.27 bits per heavy atom. The van der Waals surface area contributed by atoms with Crippen LogP contribution in [0.4, 0.5) is 4.79 Å². The molecule has 1 unspecified atom stereocenters. The van der Waals surface area contributed by atoms with Crippen LogP contribution in [0.3, 0.4) is 0 Å². The van der Waals surface area contributed by atoms with Crippen molar-refractivity contribution in [3.63, 3.8) is 0 Å². The van der Waals surface area contributed by atoms with Crippen molar-refractivity contribution in [1.29, 1.82) is 0 Å². The van der Waals surface area contributed by atoms with Gasteiger partial charge in [0.2, 0.25) is 0 Å². The molecular weight excluding hydrogens is 300 g/mol. The Bertz CT molecular complexity index is 577. The molecule has 3 heterocycles. The van der Waals surface area contributed by atoms with E-state index >= 15 is 0 Å². The number of rotatable bonds is 4. The van der Waals surface area contributed by atoms with E-state index in [2.05, 4.69) is 20.6 Å². The number of carbonyl (C=O) groups excluding carboxylic acids is 1. The summed E-state index contributed by atoms with van der Waals surface area (Å²) in [5.74, 6) is 0.558. The zero-order valence-electron chi connectivity index (χ0n) is 12.6. The number of amides is 2. The first-order valence-electron chi connectivity index (χ1n) is 7.51. The predicted octanol–water partition coefficient (Wildman–Crippen LogP) is 1.92. The first-order valence-corrected chi connectivity index (χ1v) is 8.39. The smallest absolute Gasteiger partial charge is 0.317 e. The molecule has 2 aromatic heterocycles. The molecule has 2 aromatic rings. The summed E-state index contributed by atoms with van der Waals surface area (Å²) in [5, 5.41) is 13.7. The molecule has 1 atom stereocenters. The molecule has 0 aromatic carbocycles. The van der Waals surface area contributed by atoms with Crippen molar-refractivity contribution in [2.24, 2.45) is 5.92 Å². The zero-order chi connectivity index (χ0) is 15.4. The van der Waals surface area contributed by atoms with Crippen LogP contribution in [0.2, 0.25) is 0 Å². The summed E-state index contributed by atoms with van der Waals surface area (Å²) in [7, 11) is 0. The van der Waals surface area contributed by atoms with Crippen LogP contribution in [-0.4, -0.2) is 44.0 Å². The quantitative estimate of drug-likeness (QED) is 0.934. The number of nitrogens with one attached hydrogen (secondary N) is 1. The molecule has 3 rings (SSSR count). The average molecular weight is 320 g/mol. The maximum absolute atomic E-state index is 12.3. The van der Waals surface area contributed by atoms with E-state index in [-0.39, 0.29) is 12.1 Å². The number of urea groups is 1. The van der Waals surface area contributed by atoms with Crippen LogP contribution in [0, 0.1) is 5.92 Å². The summed E-state index contributed by atoms with van der Waals surface area (Å²) < 4.78 is 1.87. The van der Waals surface area contributed by atoms with Gasteiger partial charge in [0.15, 0.2) is 0 Å².